The molecule has 0 saturated carbocycles. The van der Waals surface area contributed by atoms with Crippen LogP contribution in [-0.4, -0.2) is 36.7 Å². The minimum Gasteiger partial charge on any atom is -0.398 e. The normalized spacial score (nSPS) is 11.3. The van der Waals surface area contributed by atoms with Crippen molar-refractivity contribution < 1.29 is 4.74 Å². The number of hydrogen-bond donors (Lipinski definition) is 1. The number of rotatable bonds is 7. The number of methoxy groups -OCH3 is 1. The zero-order chi connectivity index (χ0) is 17.6. The third-order valence-corrected chi connectivity index (χ3v) is 4.54. The predicted molar refractivity (Wildman–Crippen MR) is 104 cm³/mol. The van der Waals surface area contributed by atoms with Crippen molar-refractivity contribution in [2.45, 2.75) is 13.5 Å². The molecule has 0 aliphatic heterocycles. The summed E-state index contributed by atoms with van der Waals surface area (Å²) in [5.74, 6) is 0. The van der Waals surface area contributed by atoms with E-state index in [1.165, 1.54) is 0 Å². The lowest BCUT2D eigenvalue weighted by molar-refractivity contribution is 0.147. The summed E-state index contributed by atoms with van der Waals surface area (Å²) in [6, 6.07) is 16.5. The fourth-order valence-corrected chi connectivity index (χ4v) is 3.05. The van der Waals surface area contributed by atoms with Crippen molar-refractivity contribution >= 4 is 16.5 Å². The van der Waals surface area contributed by atoms with Gasteiger partial charge < -0.3 is 10.5 Å². The fraction of sp³-hybridized carbons (Fsp3) is 0.286. The van der Waals surface area contributed by atoms with Gasteiger partial charge in [0.1, 0.15) is 0 Å². The van der Waals surface area contributed by atoms with Crippen molar-refractivity contribution in [1.82, 2.24) is 9.88 Å². The SMILES string of the molecule is CCN(CCOC)Cc1ccc(-c2ccc(N)c3ccccc23)cn1. The van der Waals surface area contributed by atoms with Crippen molar-refractivity contribution in [3.8, 4) is 11.1 Å². The summed E-state index contributed by atoms with van der Waals surface area (Å²) in [6.45, 7) is 5.63. The third kappa shape index (κ3) is 3.98. The summed E-state index contributed by atoms with van der Waals surface area (Å²) >= 11 is 0. The van der Waals surface area contributed by atoms with E-state index in [0.717, 1.165) is 59.5 Å². The Morgan fingerprint density at radius 3 is 2.52 bits per heavy atom. The fourth-order valence-electron chi connectivity index (χ4n) is 3.05. The van der Waals surface area contributed by atoms with Crippen LogP contribution in [0, 0.1) is 0 Å². The van der Waals surface area contributed by atoms with Gasteiger partial charge >= 0.3 is 0 Å². The molecular weight excluding hydrogens is 310 g/mol. The molecule has 2 aromatic carbocycles. The molecule has 4 heteroatoms. The van der Waals surface area contributed by atoms with E-state index in [-0.39, 0.29) is 0 Å². The number of nitrogens with zero attached hydrogens (tertiary/aromatic N) is 2. The number of anilines is 1. The largest absolute Gasteiger partial charge is 0.398 e. The van der Waals surface area contributed by atoms with Gasteiger partial charge in [-0.2, -0.15) is 0 Å². The standard InChI is InChI=1S/C21H25N3O/c1-3-24(12-13-25-2)15-17-9-8-16(14-23-17)18-10-11-21(22)20-7-5-4-6-19(18)20/h4-11,14H,3,12-13,15,22H2,1-2H3. The van der Waals surface area contributed by atoms with Crippen LogP contribution in [0.1, 0.15) is 12.6 Å². The number of pyridine rings is 1. The molecular formula is C21H25N3O. The summed E-state index contributed by atoms with van der Waals surface area (Å²) in [6.07, 6.45) is 1.96. The van der Waals surface area contributed by atoms with E-state index >= 15 is 0 Å². The number of benzene rings is 2. The average molecular weight is 335 g/mol. The van der Waals surface area contributed by atoms with Gasteiger partial charge in [-0.05, 0) is 29.6 Å². The van der Waals surface area contributed by atoms with E-state index in [9.17, 15) is 0 Å². The first-order valence-corrected chi connectivity index (χ1v) is 8.66. The van der Waals surface area contributed by atoms with E-state index < -0.39 is 0 Å². The average Bonchev–Trinajstić information content (AvgIpc) is 2.66. The third-order valence-electron chi connectivity index (χ3n) is 4.54. The first-order valence-electron chi connectivity index (χ1n) is 8.66. The zero-order valence-electron chi connectivity index (χ0n) is 14.9. The molecule has 1 aromatic heterocycles. The van der Waals surface area contributed by atoms with Gasteiger partial charge in [0.05, 0.1) is 12.3 Å². The van der Waals surface area contributed by atoms with Gasteiger partial charge in [0.25, 0.3) is 0 Å². The molecule has 0 atom stereocenters. The molecule has 0 radical (unpaired) electrons. The van der Waals surface area contributed by atoms with Crippen molar-refractivity contribution in [2.24, 2.45) is 0 Å². The van der Waals surface area contributed by atoms with E-state index in [0.29, 0.717) is 0 Å². The van der Waals surface area contributed by atoms with Crippen LogP contribution in [-0.2, 0) is 11.3 Å². The van der Waals surface area contributed by atoms with Crippen LogP contribution >= 0.6 is 0 Å². The summed E-state index contributed by atoms with van der Waals surface area (Å²) in [5, 5.41) is 2.24. The van der Waals surface area contributed by atoms with Crippen molar-refractivity contribution in [3.63, 3.8) is 0 Å². The topological polar surface area (TPSA) is 51.4 Å². The first-order chi connectivity index (χ1) is 12.2. The quantitative estimate of drug-likeness (QED) is 0.664. The van der Waals surface area contributed by atoms with Crippen LogP contribution in [0.4, 0.5) is 5.69 Å². The van der Waals surface area contributed by atoms with Gasteiger partial charge in [0.15, 0.2) is 0 Å². The second kappa shape index (κ2) is 8.10. The highest BCUT2D eigenvalue weighted by atomic mass is 16.5. The molecule has 3 aromatic rings. The maximum absolute atomic E-state index is 6.11. The van der Waals surface area contributed by atoms with Crippen molar-refractivity contribution in [3.05, 3.63) is 60.4 Å². The summed E-state index contributed by atoms with van der Waals surface area (Å²) in [4.78, 5) is 6.99. The molecule has 2 N–H and O–H groups in total. The maximum Gasteiger partial charge on any atom is 0.0589 e. The minimum atomic E-state index is 0.739. The number of hydrogen-bond acceptors (Lipinski definition) is 4. The Hall–Kier alpha value is -2.43. The number of nitrogens with two attached hydrogens (primary N) is 1. The highest BCUT2D eigenvalue weighted by Gasteiger charge is 2.08. The van der Waals surface area contributed by atoms with Gasteiger partial charge in [0, 0.05) is 43.0 Å². The summed E-state index contributed by atoms with van der Waals surface area (Å²) in [5.41, 5.74) is 10.3. The zero-order valence-corrected chi connectivity index (χ0v) is 14.9. The molecule has 4 nitrogen and oxygen atoms in total. The molecule has 25 heavy (non-hydrogen) atoms. The smallest absolute Gasteiger partial charge is 0.0589 e. The maximum atomic E-state index is 6.11. The summed E-state index contributed by atoms with van der Waals surface area (Å²) < 4.78 is 5.17. The molecule has 0 saturated heterocycles. The van der Waals surface area contributed by atoms with Crippen LogP contribution in [0.3, 0.4) is 0 Å². The molecule has 0 aliphatic carbocycles. The lowest BCUT2D eigenvalue weighted by Crippen LogP contribution is -2.27. The second-order valence-electron chi connectivity index (χ2n) is 6.15. The molecule has 130 valence electrons. The highest BCUT2D eigenvalue weighted by Crippen LogP contribution is 2.31. The molecule has 0 fully saturated rings. The molecule has 0 aliphatic rings. The van der Waals surface area contributed by atoms with Gasteiger partial charge in [-0.1, -0.05) is 43.3 Å². The van der Waals surface area contributed by atoms with Crippen LogP contribution < -0.4 is 5.73 Å². The Bertz CT molecular complexity index is 830. The molecule has 0 bridgehead atoms. The van der Waals surface area contributed by atoms with E-state index in [2.05, 4.69) is 47.1 Å². The van der Waals surface area contributed by atoms with Gasteiger partial charge in [0.2, 0.25) is 0 Å². The van der Waals surface area contributed by atoms with Gasteiger partial charge in [-0.15, -0.1) is 0 Å². The molecule has 0 amide bonds. The number of fused-ring (bicyclic) bond motifs is 1. The Labute approximate surface area is 149 Å². The Kier molecular flexibility index (Phi) is 5.64. The van der Waals surface area contributed by atoms with Gasteiger partial charge in [-0.3, -0.25) is 9.88 Å². The number of likely N-dealkylation sites (N-methyl/N-ethyl adjacent to an activating group) is 1. The van der Waals surface area contributed by atoms with Crippen molar-refractivity contribution in [1.29, 1.82) is 0 Å². The Morgan fingerprint density at radius 1 is 1.04 bits per heavy atom. The van der Waals surface area contributed by atoms with E-state index in [1.54, 1.807) is 7.11 Å². The Balaban J connectivity index is 1.85. The monoisotopic (exact) mass is 335 g/mol. The van der Waals surface area contributed by atoms with Crippen LogP contribution in [0.2, 0.25) is 0 Å². The van der Waals surface area contributed by atoms with Crippen molar-refractivity contribution in [2.75, 3.05) is 32.5 Å². The van der Waals surface area contributed by atoms with Crippen LogP contribution in [0.5, 0.6) is 0 Å². The lowest BCUT2D eigenvalue weighted by atomic mass is 9.98. The number of ether oxygens (including phenoxy) is 1. The van der Waals surface area contributed by atoms with E-state index in [1.807, 2.05) is 24.4 Å². The highest BCUT2D eigenvalue weighted by molar-refractivity contribution is 6.02. The van der Waals surface area contributed by atoms with E-state index in [4.69, 9.17) is 10.5 Å². The summed E-state index contributed by atoms with van der Waals surface area (Å²) in [7, 11) is 1.73. The first kappa shape index (κ1) is 17.4. The second-order valence-corrected chi connectivity index (χ2v) is 6.15. The van der Waals surface area contributed by atoms with Crippen LogP contribution in [0.15, 0.2) is 54.7 Å². The number of nitrogen functional groups attached to an aromatic ring is 1. The molecule has 0 spiro atoms. The molecule has 1 heterocycles. The molecule has 3 rings (SSSR count). The molecule has 0 unspecified atom stereocenters. The lowest BCUT2D eigenvalue weighted by Gasteiger charge is -2.19. The van der Waals surface area contributed by atoms with Gasteiger partial charge in [-0.25, -0.2) is 0 Å². The minimum absolute atomic E-state index is 0.739. The number of aromatic nitrogens is 1. The Morgan fingerprint density at radius 2 is 1.84 bits per heavy atom. The predicted octanol–water partition coefficient (Wildman–Crippen LogP) is 3.95. The van der Waals surface area contributed by atoms with Crippen LogP contribution in [0.25, 0.3) is 21.9 Å².